The van der Waals surface area contributed by atoms with Crippen LogP contribution < -0.4 is 26.8 Å². The lowest BCUT2D eigenvalue weighted by Crippen LogP contribution is -2.41. The molecule has 2 amide bonds. The summed E-state index contributed by atoms with van der Waals surface area (Å²) in [5.74, 6) is -3.89. The maximum atomic E-state index is 12.5. The third kappa shape index (κ3) is 5.68. The first-order chi connectivity index (χ1) is 16.0. The highest BCUT2D eigenvalue weighted by molar-refractivity contribution is 5.97. The van der Waals surface area contributed by atoms with Gasteiger partial charge in [-0.05, 0) is 37.1 Å². The fourth-order valence-electron chi connectivity index (χ4n) is 3.58. The smallest absolute Gasteiger partial charge is 0.326 e. The molecule has 0 spiro atoms. The summed E-state index contributed by atoms with van der Waals surface area (Å²) < 4.78 is 0. The molecule has 1 aromatic heterocycles. The number of amides is 2. The molecule has 2 heterocycles. The number of carboxylic acids is 2. The summed E-state index contributed by atoms with van der Waals surface area (Å²) in [6.07, 6.45) is -0.453. The van der Waals surface area contributed by atoms with Crippen LogP contribution in [0.15, 0.2) is 29.1 Å². The molecule has 0 aliphatic carbocycles. The van der Waals surface area contributed by atoms with Gasteiger partial charge in [0.05, 0.1) is 11.5 Å². The first-order valence-corrected chi connectivity index (χ1v) is 10.3. The van der Waals surface area contributed by atoms with Gasteiger partial charge in [-0.2, -0.15) is 4.98 Å². The molecule has 0 bridgehead atoms. The molecule has 0 saturated heterocycles. The third-order valence-corrected chi connectivity index (χ3v) is 5.41. The summed E-state index contributed by atoms with van der Waals surface area (Å²) >= 11 is 0. The number of nitrogens with two attached hydrogens (primary N) is 1. The van der Waals surface area contributed by atoms with E-state index in [0.717, 1.165) is 0 Å². The molecule has 13 heteroatoms. The minimum absolute atomic E-state index is 0.0831. The van der Waals surface area contributed by atoms with E-state index in [1.807, 2.05) is 0 Å². The van der Waals surface area contributed by atoms with Gasteiger partial charge in [-0.3, -0.25) is 24.2 Å². The zero-order valence-electron chi connectivity index (χ0n) is 18.2. The Morgan fingerprint density at radius 2 is 1.91 bits per heavy atom. The molecule has 2 atom stereocenters. The zero-order chi connectivity index (χ0) is 25.0. The van der Waals surface area contributed by atoms with Crippen LogP contribution in [0.1, 0.15) is 28.8 Å². The van der Waals surface area contributed by atoms with Crippen molar-refractivity contribution in [3.8, 4) is 0 Å². The number of hydrogen-bond donors (Lipinski definition) is 6. The summed E-state index contributed by atoms with van der Waals surface area (Å²) in [7, 11) is 1.75. The van der Waals surface area contributed by atoms with Crippen LogP contribution in [0.25, 0.3) is 0 Å². The van der Waals surface area contributed by atoms with Gasteiger partial charge < -0.3 is 31.5 Å². The average Bonchev–Trinajstić information content (AvgIpc) is 2.77. The number of aromatic amines is 1. The number of benzene rings is 1. The molecule has 2 aromatic rings. The van der Waals surface area contributed by atoms with Gasteiger partial charge in [0.25, 0.3) is 11.5 Å². The van der Waals surface area contributed by atoms with Crippen LogP contribution in [-0.2, 0) is 20.8 Å². The highest BCUT2D eigenvalue weighted by atomic mass is 16.4. The number of aromatic nitrogens is 2. The third-order valence-electron chi connectivity index (χ3n) is 5.41. The maximum Gasteiger partial charge on any atom is 0.326 e. The van der Waals surface area contributed by atoms with Crippen molar-refractivity contribution >= 4 is 41.2 Å². The van der Waals surface area contributed by atoms with Gasteiger partial charge in [0.15, 0.2) is 0 Å². The molecular weight excluding hydrogens is 448 g/mol. The minimum Gasteiger partial charge on any atom is -0.481 e. The molecule has 1 aromatic carbocycles. The van der Waals surface area contributed by atoms with E-state index >= 15 is 0 Å². The fraction of sp³-hybridized carbons (Fsp3) is 0.333. The van der Waals surface area contributed by atoms with E-state index in [-0.39, 0.29) is 42.6 Å². The molecule has 180 valence electrons. The van der Waals surface area contributed by atoms with E-state index in [1.165, 1.54) is 12.1 Å². The Labute approximate surface area is 193 Å². The van der Waals surface area contributed by atoms with Gasteiger partial charge in [-0.25, -0.2) is 4.79 Å². The molecule has 3 rings (SSSR count). The van der Waals surface area contributed by atoms with E-state index < -0.39 is 41.8 Å². The van der Waals surface area contributed by atoms with Crippen molar-refractivity contribution < 1.29 is 29.4 Å². The maximum absolute atomic E-state index is 12.5. The number of anilines is 3. The molecule has 13 nitrogen and oxygen atoms in total. The number of aliphatic carboxylic acids is 2. The van der Waals surface area contributed by atoms with Crippen molar-refractivity contribution in [3.63, 3.8) is 0 Å². The van der Waals surface area contributed by atoms with Crippen molar-refractivity contribution in [1.82, 2.24) is 15.3 Å². The van der Waals surface area contributed by atoms with E-state index in [2.05, 4.69) is 20.6 Å². The quantitative estimate of drug-likeness (QED) is 0.279. The molecular formula is C21H24N6O7. The van der Waals surface area contributed by atoms with Crippen LogP contribution in [0.3, 0.4) is 0 Å². The van der Waals surface area contributed by atoms with Gasteiger partial charge in [-0.1, -0.05) is 0 Å². The van der Waals surface area contributed by atoms with Gasteiger partial charge in [0.2, 0.25) is 11.9 Å². The van der Waals surface area contributed by atoms with Gasteiger partial charge in [0.1, 0.15) is 11.9 Å². The number of fused-ring (bicyclic) bond motifs is 1. The fourth-order valence-corrected chi connectivity index (χ4v) is 3.58. The molecule has 0 radical (unpaired) electrons. The van der Waals surface area contributed by atoms with Crippen molar-refractivity contribution in [3.05, 3.63) is 45.7 Å². The summed E-state index contributed by atoms with van der Waals surface area (Å²) in [6.45, 7) is 0.275. The normalized spacial score (nSPS) is 15.6. The number of nitrogen functional groups attached to an aromatic ring is 1. The van der Waals surface area contributed by atoms with Crippen molar-refractivity contribution in [2.75, 3.05) is 29.5 Å². The standard InChI is InChI=1S/C21H24N6O7/c1-27(9-11-8-13-16(24-18(11)31)25-21(22)26-19(13)32)12-4-2-10(3-5-12)17(30)23-14(20(33)34)6-7-15(28)29/h2-5,11,14H,6-9H2,1H3,(H,23,30)(H,28,29)(H,33,34)(H4,22,24,25,26,31,32). The monoisotopic (exact) mass is 472 g/mol. The van der Waals surface area contributed by atoms with Crippen LogP contribution in [0, 0.1) is 5.92 Å². The van der Waals surface area contributed by atoms with Crippen LogP contribution in [0.5, 0.6) is 0 Å². The molecule has 1 aliphatic rings. The summed E-state index contributed by atoms with van der Waals surface area (Å²) in [5, 5.41) is 22.8. The predicted molar refractivity (Wildman–Crippen MR) is 121 cm³/mol. The Balaban J connectivity index is 1.64. The molecule has 1 aliphatic heterocycles. The highest BCUT2D eigenvalue weighted by Crippen LogP contribution is 2.23. The number of hydrogen-bond acceptors (Lipinski definition) is 8. The Hall–Kier alpha value is -4.42. The van der Waals surface area contributed by atoms with E-state index in [4.69, 9.17) is 10.8 Å². The van der Waals surface area contributed by atoms with Crippen LogP contribution in [-0.4, -0.2) is 63.6 Å². The Morgan fingerprint density at radius 1 is 1.24 bits per heavy atom. The summed E-state index contributed by atoms with van der Waals surface area (Å²) in [6, 6.07) is 4.92. The second-order valence-corrected chi connectivity index (χ2v) is 7.89. The molecule has 0 saturated carbocycles. The largest absolute Gasteiger partial charge is 0.481 e. The first kappa shape index (κ1) is 24.2. The highest BCUT2D eigenvalue weighted by Gasteiger charge is 2.30. The number of carbonyl (C=O) groups excluding carboxylic acids is 2. The number of rotatable bonds is 9. The Kier molecular flexibility index (Phi) is 7.14. The second-order valence-electron chi connectivity index (χ2n) is 7.89. The van der Waals surface area contributed by atoms with Crippen LogP contribution in [0.2, 0.25) is 0 Å². The molecule has 0 fully saturated rings. The van der Waals surface area contributed by atoms with Crippen molar-refractivity contribution in [1.29, 1.82) is 0 Å². The Bertz CT molecular complexity index is 1180. The number of carboxylic acid groups (broad SMARTS) is 2. The second kappa shape index (κ2) is 10.0. The first-order valence-electron chi connectivity index (χ1n) is 10.3. The Morgan fingerprint density at radius 3 is 2.53 bits per heavy atom. The SMILES string of the molecule is CN(CC1Cc2c(nc(N)[nH]c2=O)NC1=O)c1ccc(C(=O)NC(CCC(=O)O)C(=O)O)cc1. The molecule has 7 N–H and O–H groups in total. The van der Waals surface area contributed by atoms with Crippen LogP contribution >= 0.6 is 0 Å². The van der Waals surface area contributed by atoms with Crippen LogP contribution in [0.4, 0.5) is 17.5 Å². The number of H-pyrrole nitrogens is 1. The lowest BCUT2D eigenvalue weighted by atomic mass is 9.95. The van der Waals surface area contributed by atoms with Crippen molar-refractivity contribution in [2.45, 2.75) is 25.3 Å². The molecule has 34 heavy (non-hydrogen) atoms. The number of carbonyl (C=O) groups is 4. The summed E-state index contributed by atoms with van der Waals surface area (Å²) in [5.41, 5.74) is 6.32. The van der Waals surface area contributed by atoms with Gasteiger partial charge in [0, 0.05) is 31.3 Å². The van der Waals surface area contributed by atoms with E-state index in [0.29, 0.717) is 11.3 Å². The molecule has 2 unspecified atom stereocenters. The van der Waals surface area contributed by atoms with Gasteiger partial charge >= 0.3 is 11.9 Å². The number of nitrogens with one attached hydrogen (secondary N) is 3. The average molecular weight is 472 g/mol. The lowest BCUT2D eigenvalue weighted by molar-refractivity contribution is -0.140. The predicted octanol–water partition coefficient (Wildman–Crippen LogP) is -0.353. The topological polar surface area (TPSA) is 208 Å². The van der Waals surface area contributed by atoms with E-state index in [1.54, 1.807) is 24.1 Å². The lowest BCUT2D eigenvalue weighted by Gasteiger charge is -2.28. The minimum atomic E-state index is -1.33. The van der Waals surface area contributed by atoms with Crippen molar-refractivity contribution in [2.24, 2.45) is 5.92 Å². The van der Waals surface area contributed by atoms with E-state index in [9.17, 15) is 29.1 Å². The van der Waals surface area contributed by atoms with Gasteiger partial charge in [-0.15, -0.1) is 0 Å². The number of nitrogens with zero attached hydrogens (tertiary/aromatic N) is 2. The summed E-state index contributed by atoms with van der Waals surface area (Å²) in [4.78, 5) is 67.1. The zero-order valence-corrected chi connectivity index (χ0v) is 18.2.